The molecular formula is C15H28N2O3. The average Bonchev–Trinajstić information content (AvgIpc) is 2.45. The van der Waals surface area contributed by atoms with Crippen LogP contribution in [0.25, 0.3) is 0 Å². The van der Waals surface area contributed by atoms with Crippen LogP contribution in [0.4, 0.5) is 4.79 Å². The molecule has 1 aliphatic carbocycles. The van der Waals surface area contributed by atoms with E-state index < -0.39 is 11.5 Å². The molecule has 1 saturated carbocycles. The van der Waals surface area contributed by atoms with E-state index >= 15 is 0 Å². The molecule has 0 radical (unpaired) electrons. The van der Waals surface area contributed by atoms with Gasteiger partial charge in [-0.3, -0.25) is 0 Å². The molecule has 1 aliphatic rings. The molecule has 0 aromatic heterocycles. The molecule has 0 heterocycles. The fourth-order valence-electron chi connectivity index (χ4n) is 2.67. The minimum absolute atomic E-state index is 0.358. The maximum Gasteiger partial charge on any atom is 0.329 e. The van der Waals surface area contributed by atoms with Crippen molar-refractivity contribution in [2.24, 2.45) is 11.8 Å². The Balaban J connectivity index is 2.32. The van der Waals surface area contributed by atoms with E-state index in [1.165, 1.54) is 26.2 Å². The molecule has 0 spiro atoms. The van der Waals surface area contributed by atoms with Crippen molar-refractivity contribution < 1.29 is 14.7 Å². The molecule has 1 rings (SSSR count). The van der Waals surface area contributed by atoms with E-state index in [2.05, 4.69) is 17.6 Å². The molecule has 0 aliphatic heterocycles. The smallest absolute Gasteiger partial charge is 0.329 e. The lowest BCUT2D eigenvalue weighted by molar-refractivity contribution is -0.143. The first-order valence-electron chi connectivity index (χ1n) is 7.70. The summed E-state index contributed by atoms with van der Waals surface area (Å²) in [5, 5.41) is 14.5. The zero-order valence-corrected chi connectivity index (χ0v) is 12.9. The number of hydrogen-bond donors (Lipinski definition) is 3. The summed E-state index contributed by atoms with van der Waals surface area (Å²) in [4.78, 5) is 22.9. The van der Waals surface area contributed by atoms with Crippen molar-refractivity contribution in [2.75, 3.05) is 6.54 Å². The normalized spacial score (nSPS) is 25.6. The van der Waals surface area contributed by atoms with Gasteiger partial charge in [0.2, 0.25) is 0 Å². The minimum atomic E-state index is -1.19. The van der Waals surface area contributed by atoms with Crippen LogP contribution in [0.3, 0.4) is 0 Å². The van der Waals surface area contributed by atoms with Crippen molar-refractivity contribution in [3.05, 3.63) is 0 Å². The van der Waals surface area contributed by atoms with Crippen LogP contribution < -0.4 is 10.6 Å². The fourth-order valence-corrected chi connectivity index (χ4v) is 2.67. The van der Waals surface area contributed by atoms with Crippen LogP contribution in [0.2, 0.25) is 0 Å². The highest BCUT2D eigenvalue weighted by Crippen LogP contribution is 2.30. The summed E-state index contributed by atoms with van der Waals surface area (Å²) in [7, 11) is 0. The topological polar surface area (TPSA) is 78.4 Å². The molecule has 2 amide bonds. The molecule has 0 bridgehead atoms. The molecular weight excluding hydrogens is 256 g/mol. The van der Waals surface area contributed by atoms with Crippen molar-refractivity contribution in [1.29, 1.82) is 0 Å². The van der Waals surface area contributed by atoms with Crippen LogP contribution in [-0.4, -0.2) is 29.2 Å². The Bertz CT molecular complexity index is 338. The van der Waals surface area contributed by atoms with Crippen LogP contribution >= 0.6 is 0 Å². The molecule has 116 valence electrons. The zero-order valence-electron chi connectivity index (χ0n) is 12.9. The van der Waals surface area contributed by atoms with E-state index in [1.807, 2.05) is 0 Å². The lowest BCUT2D eigenvalue weighted by Gasteiger charge is -2.29. The van der Waals surface area contributed by atoms with Crippen molar-refractivity contribution in [2.45, 2.75) is 64.8 Å². The first-order valence-corrected chi connectivity index (χ1v) is 7.70. The number of amides is 2. The maximum atomic E-state index is 11.8. The predicted octanol–water partition coefficient (Wildman–Crippen LogP) is 2.76. The highest BCUT2D eigenvalue weighted by atomic mass is 16.4. The van der Waals surface area contributed by atoms with Crippen molar-refractivity contribution in [3.63, 3.8) is 0 Å². The van der Waals surface area contributed by atoms with E-state index in [0.29, 0.717) is 18.9 Å². The number of aliphatic carboxylic acids is 1. The first-order chi connectivity index (χ1) is 9.41. The van der Waals surface area contributed by atoms with E-state index in [9.17, 15) is 9.59 Å². The molecule has 1 unspecified atom stereocenters. The third-order valence-electron chi connectivity index (χ3n) is 4.66. The third-order valence-corrected chi connectivity index (χ3v) is 4.66. The number of carboxylic acids is 1. The highest BCUT2D eigenvalue weighted by molar-refractivity contribution is 5.85. The van der Waals surface area contributed by atoms with E-state index in [4.69, 9.17) is 5.11 Å². The Morgan fingerprint density at radius 3 is 2.15 bits per heavy atom. The first kappa shape index (κ1) is 16.8. The van der Waals surface area contributed by atoms with Gasteiger partial charge in [0.05, 0.1) is 0 Å². The zero-order chi connectivity index (χ0) is 15.2. The van der Waals surface area contributed by atoms with Gasteiger partial charge in [-0.25, -0.2) is 9.59 Å². The van der Waals surface area contributed by atoms with Crippen LogP contribution in [-0.2, 0) is 4.79 Å². The quantitative estimate of drug-likeness (QED) is 0.701. The summed E-state index contributed by atoms with van der Waals surface area (Å²) in [5.41, 5.74) is -1.19. The average molecular weight is 284 g/mol. The number of nitrogens with one attached hydrogen (secondary N) is 2. The Hall–Kier alpha value is -1.26. The second-order valence-corrected chi connectivity index (χ2v) is 6.12. The maximum absolute atomic E-state index is 11.8. The second kappa shape index (κ2) is 7.50. The van der Waals surface area contributed by atoms with Crippen molar-refractivity contribution in [3.8, 4) is 0 Å². The monoisotopic (exact) mass is 284 g/mol. The van der Waals surface area contributed by atoms with Gasteiger partial charge in [-0.2, -0.15) is 0 Å². The molecule has 1 fully saturated rings. The molecule has 20 heavy (non-hydrogen) atoms. The Kier molecular flexibility index (Phi) is 6.30. The van der Waals surface area contributed by atoms with Gasteiger partial charge < -0.3 is 15.7 Å². The number of carbonyl (C=O) groups is 2. The number of carboxylic acid groups (broad SMARTS) is 1. The fraction of sp³-hybridized carbons (Fsp3) is 0.867. The van der Waals surface area contributed by atoms with Crippen LogP contribution in [0.1, 0.15) is 59.3 Å². The summed E-state index contributed by atoms with van der Waals surface area (Å²) in [5.74, 6) is 0.371. The van der Waals surface area contributed by atoms with E-state index in [1.54, 1.807) is 6.92 Å². The molecule has 1 atom stereocenters. The molecule has 0 aromatic rings. The SMILES string of the molecule is CCC1CCC(CNC(=O)NC(C)(CC)C(=O)O)CC1. The van der Waals surface area contributed by atoms with E-state index in [0.717, 1.165) is 18.8 Å². The summed E-state index contributed by atoms with van der Waals surface area (Å²) < 4.78 is 0. The minimum Gasteiger partial charge on any atom is -0.480 e. The van der Waals surface area contributed by atoms with Gasteiger partial charge in [0.1, 0.15) is 5.54 Å². The van der Waals surface area contributed by atoms with Crippen LogP contribution in [0, 0.1) is 11.8 Å². The predicted molar refractivity (Wildman–Crippen MR) is 78.6 cm³/mol. The number of rotatable bonds is 6. The second-order valence-electron chi connectivity index (χ2n) is 6.12. The van der Waals surface area contributed by atoms with Gasteiger partial charge in [0.25, 0.3) is 0 Å². The van der Waals surface area contributed by atoms with Gasteiger partial charge in [0.15, 0.2) is 0 Å². The van der Waals surface area contributed by atoms with Crippen LogP contribution in [0.15, 0.2) is 0 Å². The van der Waals surface area contributed by atoms with Crippen molar-refractivity contribution in [1.82, 2.24) is 10.6 Å². The highest BCUT2D eigenvalue weighted by Gasteiger charge is 2.32. The third kappa shape index (κ3) is 4.69. The lowest BCUT2D eigenvalue weighted by atomic mass is 9.81. The van der Waals surface area contributed by atoms with Gasteiger partial charge in [-0.05, 0) is 38.0 Å². The molecule has 0 saturated heterocycles. The largest absolute Gasteiger partial charge is 0.480 e. The summed E-state index contributed by atoms with van der Waals surface area (Å²) in [6, 6.07) is -0.380. The Morgan fingerprint density at radius 1 is 1.15 bits per heavy atom. The summed E-state index contributed by atoms with van der Waals surface area (Å²) in [6.45, 7) is 6.15. The number of carbonyl (C=O) groups excluding carboxylic acids is 1. The van der Waals surface area contributed by atoms with Crippen molar-refractivity contribution >= 4 is 12.0 Å². The standard InChI is InChI=1S/C15H28N2O3/c1-4-11-6-8-12(9-7-11)10-16-14(20)17-15(3,5-2)13(18)19/h11-12H,4-10H2,1-3H3,(H,18,19)(H2,16,17,20). The summed E-state index contributed by atoms with van der Waals surface area (Å²) in [6.07, 6.45) is 6.40. The van der Waals surface area contributed by atoms with Gasteiger partial charge in [0, 0.05) is 6.54 Å². The van der Waals surface area contributed by atoms with E-state index in [-0.39, 0.29) is 6.03 Å². The molecule has 5 nitrogen and oxygen atoms in total. The van der Waals surface area contributed by atoms with Gasteiger partial charge >= 0.3 is 12.0 Å². The lowest BCUT2D eigenvalue weighted by Crippen LogP contribution is -2.55. The molecule has 5 heteroatoms. The van der Waals surface area contributed by atoms with Crippen LogP contribution in [0.5, 0.6) is 0 Å². The Morgan fingerprint density at radius 2 is 1.70 bits per heavy atom. The number of urea groups is 1. The Labute approximate surface area is 121 Å². The summed E-state index contributed by atoms with van der Waals surface area (Å²) >= 11 is 0. The van der Waals surface area contributed by atoms with Gasteiger partial charge in [-0.15, -0.1) is 0 Å². The van der Waals surface area contributed by atoms with Gasteiger partial charge in [-0.1, -0.05) is 33.1 Å². The number of hydrogen-bond acceptors (Lipinski definition) is 2. The molecule has 0 aromatic carbocycles. The molecule has 3 N–H and O–H groups in total.